The average molecular weight is 411 g/mol. The van der Waals surface area contributed by atoms with Gasteiger partial charge in [0.15, 0.2) is 11.5 Å². The Labute approximate surface area is 174 Å². The van der Waals surface area contributed by atoms with E-state index in [0.29, 0.717) is 54.9 Å². The van der Waals surface area contributed by atoms with E-state index in [2.05, 4.69) is 10.3 Å². The maximum Gasteiger partial charge on any atom is 0.261 e. The van der Waals surface area contributed by atoms with Crippen molar-refractivity contribution < 1.29 is 19.0 Å². The molecule has 8 nitrogen and oxygen atoms in total. The molecule has 0 aliphatic rings. The largest absolute Gasteiger partial charge is 0.493 e. The summed E-state index contributed by atoms with van der Waals surface area (Å²) in [7, 11) is 3.05. The number of hydrogen-bond donors (Lipinski definition) is 1. The minimum atomic E-state index is -0.183. The van der Waals surface area contributed by atoms with Crippen molar-refractivity contribution in [2.75, 3.05) is 27.4 Å². The molecule has 1 N–H and O–H groups in total. The molecule has 1 aromatic heterocycles. The van der Waals surface area contributed by atoms with Crippen LogP contribution in [0.15, 0.2) is 53.6 Å². The first-order chi connectivity index (χ1) is 14.6. The van der Waals surface area contributed by atoms with Crippen molar-refractivity contribution in [1.82, 2.24) is 14.9 Å². The van der Waals surface area contributed by atoms with Crippen LogP contribution in [0, 0.1) is 0 Å². The number of ether oxygens (including phenoxy) is 3. The van der Waals surface area contributed by atoms with Crippen LogP contribution in [-0.4, -0.2) is 42.8 Å². The summed E-state index contributed by atoms with van der Waals surface area (Å²) in [5, 5.41) is 3.26. The first-order valence-corrected chi connectivity index (χ1v) is 9.68. The fourth-order valence-corrected chi connectivity index (χ4v) is 3.02. The van der Waals surface area contributed by atoms with E-state index >= 15 is 0 Å². The number of nitrogens with one attached hydrogen (secondary N) is 1. The van der Waals surface area contributed by atoms with Crippen LogP contribution in [0.2, 0.25) is 0 Å². The molecule has 0 unspecified atom stereocenters. The smallest absolute Gasteiger partial charge is 0.261 e. The molecule has 3 rings (SSSR count). The maximum absolute atomic E-state index is 12.7. The van der Waals surface area contributed by atoms with Gasteiger partial charge in [-0.05, 0) is 24.6 Å². The van der Waals surface area contributed by atoms with Gasteiger partial charge in [0, 0.05) is 19.0 Å². The van der Waals surface area contributed by atoms with Gasteiger partial charge in [0.1, 0.15) is 12.4 Å². The lowest BCUT2D eigenvalue weighted by Gasteiger charge is -2.11. The molecule has 0 aliphatic heterocycles. The third kappa shape index (κ3) is 5.28. The van der Waals surface area contributed by atoms with Crippen molar-refractivity contribution in [1.29, 1.82) is 0 Å². The molecule has 1 heterocycles. The summed E-state index contributed by atoms with van der Waals surface area (Å²) in [6.45, 7) is 1.21. The number of carbonyl (C=O) groups is 1. The van der Waals surface area contributed by atoms with Crippen molar-refractivity contribution in [2.24, 2.45) is 0 Å². The molecular weight excluding hydrogens is 386 g/mol. The minimum Gasteiger partial charge on any atom is -0.493 e. The molecule has 0 bridgehead atoms. The number of aryl methyl sites for hydroxylation is 1. The number of nitrogens with zero attached hydrogens (tertiary/aromatic N) is 2. The normalized spacial score (nSPS) is 10.6. The monoisotopic (exact) mass is 411 g/mol. The Kier molecular flexibility index (Phi) is 7.26. The first-order valence-electron chi connectivity index (χ1n) is 9.68. The molecule has 30 heavy (non-hydrogen) atoms. The fraction of sp³-hybridized carbons (Fsp3) is 0.318. The van der Waals surface area contributed by atoms with E-state index in [4.69, 9.17) is 14.2 Å². The van der Waals surface area contributed by atoms with Gasteiger partial charge in [-0.15, -0.1) is 0 Å². The molecule has 8 heteroatoms. The van der Waals surface area contributed by atoms with Gasteiger partial charge in [0.05, 0.1) is 38.0 Å². The number of rotatable bonds is 10. The first kappa shape index (κ1) is 21.2. The lowest BCUT2D eigenvalue weighted by molar-refractivity contribution is -0.121. The maximum atomic E-state index is 12.7. The van der Waals surface area contributed by atoms with Gasteiger partial charge < -0.3 is 19.5 Å². The van der Waals surface area contributed by atoms with E-state index < -0.39 is 0 Å². The molecule has 2 aromatic carbocycles. The number of hydrogen-bond acceptors (Lipinski definition) is 6. The Morgan fingerprint density at radius 3 is 2.57 bits per heavy atom. The summed E-state index contributed by atoms with van der Waals surface area (Å²) in [5.41, 5.74) is 0.350. The molecule has 0 saturated heterocycles. The highest BCUT2D eigenvalue weighted by molar-refractivity contribution is 5.81. The molecule has 1 amide bonds. The summed E-state index contributed by atoms with van der Waals surface area (Å²) in [6, 6.07) is 12.7. The molecule has 0 aliphatic carbocycles. The molecule has 0 atom stereocenters. The summed E-state index contributed by atoms with van der Waals surface area (Å²) in [5.74, 6) is 1.67. The van der Waals surface area contributed by atoms with Crippen LogP contribution in [0.5, 0.6) is 17.2 Å². The Hall–Kier alpha value is -3.55. The summed E-state index contributed by atoms with van der Waals surface area (Å²) < 4.78 is 17.5. The van der Waals surface area contributed by atoms with Crippen LogP contribution >= 0.6 is 0 Å². The molecule has 0 spiro atoms. The number of para-hydroxylation sites is 1. The SMILES string of the molecule is COc1cc2ncn(CCCC(=O)NCCOc3ccccc3)c(=O)c2cc1OC. The van der Waals surface area contributed by atoms with E-state index in [1.54, 1.807) is 12.1 Å². The lowest BCUT2D eigenvalue weighted by Crippen LogP contribution is -2.28. The average Bonchev–Trinajstić information content (AvgIpc) is 2.78. The van der Waals surface area contributed by atoms with Crippen molar-refractivity contribution in [3.8, 4) is 17.2 Å². The highest BCUT2D eigenvalue weighted by atomic mass is 16.5. The molecule has 0 radical (unpaired) electrons. The number of fused-ring (bicyclic) bond motifs is 1. The Morgan fingerprint density at radius 2 is 1.83 bits per heavy atom. The van der Waals surface area contributed by atoms with Gasteiger partial charge in [-0.1, -0.05) is 18.2 Å². The van der Waals surface area contributed by atoms with Crippen LogP contribution in [-0.2, 0) is 11.3 Å². The predicted octanol–water partition coefficient (Wildman–Crippen LogP) is 2.39. The van der Waals surface area contributed by atoms with E-state index in [0.717, 1.165) is 5.75 Å². The molecule has 3 aromatic rings. The molecule has 158 valence electrons. The second kappa shape index (κ2) is 10.3. The van der Waals surface area contributed by atoms with Gasteiger partial charge in [0.25, 0.3) is 5.56 Å². The number of benzene rings is 2. The van der Waals surface area contributed by atoms with E-state index in [1.807, 2.05) is 30.3 Å². The van der Waals surface area contributed by atoms with Crippen LogP contribution in [0.4, 0.5) is 0 Å². The lowest BCUT2D eigenvalue weighted by atomic mass is 10.2. The summed E-state index contributed by atoms with van der Waals surface area (Å²) in [6.07, 6.45) is 2.32. The number of methoxy groups -OCH3 is 2. The second-order valence-electron chi connectivity index (χ2n) is 6.58. The zero-order valence-electron chi connectivity index (χ0n) is 17.1. The highest BCUT2D eigenvalue weighted by Crippen LogP contribution is 2.29. The van der Waals surface area contributed by atoms with Crippen molar-refractivity contribution in [3.05, 3.63) is 59.1 Å². The third-order valence-corrected chi connectivity index (χ3v) is 4.57. The Morgan fingerprint density at radius 1 is 1.10 bits per heavy atom. The quantitative estimate of drug-likeness (QED) is 0.515. The van der Waals surface area contributed by atoms with Gasteiger partial charge in [-0.25, -0.2) is 4.98 Å². The third-order valence-electron chi connectivity index (χ3n) is 4.57. The highest BCUT2D eigenvalue weighted by Gasteiger charge is 2.11. The van der Waals surface area contributed by atoms with Crippen LogP contribution in [0.25, 0.3) is 10.9 Å². The summed E-state index contributed by atoms with van der Waals surface area (Å²) in [4.78, 5) is 29.0. The van der Waals surface area contributed by atoms with Crippen molar-refractivity contribution in [3.63, 3.8) is 0 Å². The molecule has 0 saturated carbocycles. The Balaban J connectivity index is 1.50. The number of carbonyl (C=O) groups excluding carboxylic acids is 1. The van der Waals surface area contributed by atoms with Crippen LogP contribution < -0.4 is 25.1 Å². The minimum absolute atomic E-state index is 0.0835. The zero-order chi connectivity index (χ0) is 21.3. The van der Waals surface area contributed by atoms with Gasteiger partial charge in [-0.3, -0.25) is 14.2 Å². The van der Waals surface area contributed by atoms with Crippen LogP contribution in [0.3, 0.4) is 0 Å². The Bertz CT molecular complexity index is 1050. The van der Waals surface area contributed by atoms with Gasteiger partial charge in [-0.2, -0.15) is 0 Å². The second-order valence-corrected chi connectivity index (χ2v) is 6.58. The van der Waals surface area contributed by atoms with E-state index in [9.17, 15) is 9.59 Å². The fourth-order valence-electron chi connectivity index (χ4n) is 3.02. The topological polar surface area (TPSA) is 91.7 Å². The zero-order valence-corrected chi connectivity index (χ0v) is 17.1. The molecular formula is C22H25N3O5. The van der Waals surface area contributed by atoms with Crippen molar-refractivity contribution >= 4 is 16.8 Å². The van der Waals surface area contributed by atoms with E-state index in [1.165, 1.54) is 25.1 Å². The predicted molar refractivity (Wildman–Crippen MR) is 113 cm³/mol. The van der Waals surface area contributed by atoms with E-state index in [-0.39, 0.29) is 11.5 Å². The van der Waals surface area contributed by atoms with Gasteiger partial charge in [0.2, 0.25) is 5.91 Å². The summed E-state index contributed by atoms with van der Waals surface area (Å²) >= 11 is 0. The van der Waals surface area contributed by atoms with Crippen molar-refractivity contribution in [2.45, 2.75) is 19.4 Å². The number of amides is 1. The standard InChI is InChI=1S/C22H25N3O5/c1-28-19-13-17-18(14-20(19)29-2)24-15-25(22(17)27)11-6-9-21(26)23-10-12-30-16-7-4-3-5-8-16/h3-5,7-8,13-15H,6,9-12H2,1-2H3,(H,23,26). The molecule has 0 fully saturated rings. The van der Waals surface area contributed by atoms with Gasteiger partial charge >= 0.3 is 0 Å². The van der Waals surface area contributed by atoms with Crippen LogP contribution in [0.1, 0.15) is 12.8 Å². The number of aromatic nitrogens is 2.